The minimum atomic E-state index is 0.817. The van der Waals surface area contributed by atoms with Crippen LogP contribution in [0.5, 0.6) is 11.5 Å². The van der Waals surface area contributed by atoms with E-state index in [4.69, 9.17) is 9.47 Å². The maximum atomic E-state index is 5.50. The molecular formula is C61H51N3O2. The van der Waals surface area contributed by atoms with Gasteiger partial charge < -0.3 is 24.2 Å². The molecule has 5 heteroatoms. The highest BCUT2D eigenvalue weighted by molar-refractivity contribution is 5.82. The number of nitrogens with zero attached hydrogens (tertiary/aromatic N) is 3. The Hall–Kier alpha value is -8.54. The van der Waals surface area contributed by atoms with Gasteiger partial charge in [-0.25, -0.2) is 0 Å². The van der Waals surface area contributed by atoms with Gasteiger partial charge in [-0.05, 0) is 163 Å². The van der Waals surface area contributed by atoms with Crippen molar-refractivity contribution in [2.45, 2.75) is 6.92 Å². The molecule has 0 aliphatic rings. The Morgan fingerprint density at radius 3 is 0.712 bits per heavy atom. The highest BCUT2D eigenvalue weighted by Gasteiger charge is 2.15. The molecule has 0 bridgehead atoms. The van der Waals surface area contributed by atoms with Gasteiger partial charge in [-0.15, -0.1) is 0 Å². The molecule has 5 nitrogen and oxygen atoms in total. The SMILES string of the molecule is COc1ccc(N(c2ccccc2)c2ccc(/C=C/c3ccc(N(c4ccc(/C=C/c5ccc(N(c6ccccc6)c6ccc(C)cc6)cc5)cc4)c4ccc(OC)cc4)cc3)cc2)cc1. The van der Waals surface area contributed by atoms with Gasteiger partial charge in [0.05, 0.1) is 14.2 Å². The lowest BCUT2D eigenvalue weighted by Gasteiger charge is -2.26. The lowest BCUT2D eigenvalue weighted by molar-refractivity contribution is 0.414. The summed E-state index contributed by atoms with van der Waals surface area (Å²) in [6.45, 7) is 2.12. The summed E-state index contributed by atoms with van der Waals surface area (Å²) >= 11 is 0. The highest BCUT2D eigenvalue weighted by Crippen LogP contribution is 2.38. The number of methoxy groups -OCH3 is 2. The van der Waals surface area contributed by atoms with Crippen LogP contribution in [-0.2, 0) is 0 Å². The van der Waals surface area contributed by atoms with E-state index in [0.717, 1.165) is 84.9 Å². The lowest BCUT2D eigenvalue weighted by atomic mass is 10.1. The number of ether oxygens (including phenoxy) is 2. The Bertz CT molecular complexity index is 2990. The molecule has 9 aromatic rings. The predicted octanol–water partition coefficient (Wildman–Crippen LogP) is 16.8. The first kappa shape index (κ1) is 42.7. The summed E-state index contributed by atoms with van der Waals surface area (Å²) in [7, 11) is 3.38. The molecule has 0 amide bonds. The van der Waals surface area contributed by atoms with Crippen LogP contribution in [0, 0.1) is 6.92 Å². The second-order valence-corrected chi connectivity index (χ2v) is 15.9. The zero-order valence-electron chi connectivity index (χ0n) is 37.4. The highest BCUT2D eigenvalue weighted by atomic mass is 16.5. The number of aryl methyl sites for hydroxylation is 1. The largest absolute Gasteiger partial charge is 0.497 e. The van der Waals surface area contributed by atoms with E-state index in [1.54, 1.807) is 14.2 Å². The van der Waals surface area contributed by atoms with Crippen molar-refractivity contribution >= 4 is 75.5 Å². The van der Waals surface area contributed by atoms with Crippen LogP contribution >= 0.6 is 0 Å². The zero-order chi connectivity index (χ0) is 45.1. The van der Waals surface area contributed by atoms with Gasteiger partial charge in [-0.1, -0.05) is 127 Å². The van der Waals surface area contributed by atoms with Gasteiger partial charge >= 0.3 is 0 Å². The van der Waals surface area contributed by atoms with E-state index in [0.29, 0.717) is 0 Å². The fraction of sp³-hybridized carbons (Fsp3) is 0.0492. The second kappa shape index (κ2) is 20.3. The Labute approximate surface area is 389 Å². The van der Waals surface area contributed by atoms with Crippen LogP contribution in [0.2, 0.25) is 0 Å². The van der Waals surface area contributed by atoms with Crippen LogP contribution in [0.3, 0.4) is 0 Å². The van der Waals surface area contributed by atoms with Gasteiger partial charge in [-0.2, -0.15) is 0 Å². The Morgan fingerprint density at radius 2 is 0.470 bits per heavy atom. The van der Waals surface area contributed by atoms with Crippen molar-refractivity contribution in [3.8, 4) is 11.5 Å². The summed E-state index contributed by atoms with van der Waals surface area (Å²) in [6.07, 6.45) is 8.65. The predicted molar refractivity (Wildman–Crippen MR) is 279 cm³/mol. The molecule has 0 saturated heterocycles. The standard InChI is InChI=1S/C61H51N3O2/c1-46-14-28-53(29-15-46)62(51-10-6-4-7-11-51)54-30-20-47(21-31-54)16-18-49-24-34-56(35-25-49)64(59-40-44-61(66-3)45-41-59)57-36-26-50(27-37-57)19-17-48-22-32-55(33-23-48)63(52-12-8-5-9-13-52)58-38-42-60(65-2)43-39-58/h4-45H,1-3H3/b18-16+,19-17+. The van der Waals surface area contributed by atoms with Gasteiger partial charge in [0.15, 0.2) is 0 Å². The maximum Gasteiger partial charge on any atom is 0.119 e. The summed E-state index contributed by atoms with van der Waals surface area (Å²) < 4.78 is 10.9. The van der Waals surface area contributed by atoms with Gasteiger partial charge in [-0.3, -0.25) is 0 Å². The quantitative estimate of drug-likeness (QED) is 0.0958. The first-order valence-electron chi connectivity index (χ1n) is 22.1. The minimum Gasteiger partial charge on any atom is -0.497 e. The van der Waals surface area contributed by atoms with Crippen LogP contribution < -0.4 is 24.2 Å². The minimum absolute atomic E-state index is 0.817. The monoisotopic (exact) mass is 857 g/mol. The van der Waals surface area contributed by atoms with Crippen molar-refractivity contribution in [1.82, 2.24) is 0 Å². The average molecular weight is 858 g/mol. The molecule has 0 aliphatic carbocycles. The number of hydrogen-bond donors (Lipinski definition) is 0. The molecule has 0 fully saturated rings. The van der Waals surface area contributed by atoms with Crippen molar-refractivity contribution in [3.05, 3.63) is 258 Å². The molecule has 9 rings (SSSR count). The third-order valence-electron chi connectivity index (χ3n) is 11.5. The Kier molecular flexibility index (Phi) is 13.2. The van der Waals surface area contributed by atoms with E-state index in [9.17, 15) is 0 Å². The molecule has 9 aromatic carbocycles. The van der Waals surface area contributed by atoms with E-state index >= 15 is 0 Å². The summed E-state index contributed by atoms with van der Waals surface area (Å²) in [4.78, 5) is 6.80. The first-order chi connectivity index (χ1) is 32.5. The molecule has 0 N–H and O–H groups in total. The Morgan fingerprint density at radius 1 is 0.258 bits per heavy atom. The zero-order valence-corrected chi connectivity index (χ0v) is 37.4. The van der Waals surface area contributed by atoms with Crippen LogP contribution in [0.1, 0.15) is 27.8 Å². The molecule has 66 heavy (non-hydrogen) atoms. The van der Waals surface area contributed by atoms with Crippen LogP contribution in [0.4, 0.5) is 51.2 Å². The molecular weight excluding hydrogens is 807 g/mol. The number of hydrogen-bond acceptors (Lipinski definition) is 5. The number of benzene rings is 9. The van der Waals surface area contributed by atoms with E-state index in [1.807, 2.05) is 30.3 Å². The van der Waals surface area contributed by atoms with Crippen molar-refractivity contribution < 1.29 is 9.47 Å². The molecule has 0 heterocycles. The topological polar surface area (TPSA) is 28.2 Å². The maximum absolute atomic E-state index is 5.50. The van der Waals surface area contributed by atoms with Gasteiger partial charge in [0, 0.05) is 51.2 Å². The van der Waals surface area contributed by atoms with Crippen LogP contribution in [-0.4, -0.2) is 14.2 Å². The molecule has 0 unspecified atom stereocenters. The summed E-state index contributed by atoms with van der Waals surface area (Å²) in [5, 5.41) is 0. The van der Waals surface area contributed by atoms with Crippen molar-refractivity contribution in [1.29, 1.82) is 0 Å². The van der Waals surface area contributed by atoms with Crippen molar-refractivity contribution in [3.63, 3.8) is 0 Å². The molecule has 0 aliphatic heterocycles. The fourth-order valence-corrected chi connectivity index (χ4v) is 7.98. The molecule has 0 saturated carbocycles. The number of anilines is 9. The van der Waals surface area contributed by atoms with Crippen molar-refractivity contribution in [2.75, 3.05) is 28.9 Å². The van der Waals surface area contributed by atoms with Crippen LogP contribution in [0.15, 0.2) is 231 Å². The number of rotatable bonds is 15. The molecule has 0 spiro atoms. The van der Waals surface area contributed by atoms with Gasteiger partial charge in [0.1, 0.15) is 11.5 Å². The Balaban J connectivity index is 0.911. The van der Waals surface area contributed by atoms with E-state index in [-0.39, 0.29) is 0 Å². The summed E-state index contributed by atoms with van der Waals surface area (Å²) in [6, 6.07) is 80.7. The van der Waals surface area contributed by atoms with Gasteiger partial charge in [0.25, 0.3) is 0 Å². The average Bonchev–Trinajstić information content (AvgIpc) is 3.38. The van der Waals surface area contributed by atoms with Gasteiger partial charge in [0.2, 0.25) is 0 Å². The molecule has 0 atom stereocenters. The smallest absolute Gasteiger partial charge is 0.119 e. The van der Waals surface area contributed by atoms with E-state index < -0.39 is 0 Å². The molecule has 0 radical (unpaired) electrons. The third kappa shape index (κ3) is 10.1. The number of para-hydroxylation sites is 2. The van der Waals surface area contributed by atoms with E-state index in [1.165, 1.54) is 5.56 Å². The second-order valence-electron chi connectivity index (χ2n) is 15.9. The summed E-state index contributed by atoms with van der Waals surface area (Å²) in [5.74, 6) is 1.65. The third-order valence-corrected chi connectivity index (χ3v) is 11.5. The normalized spacial score (nSPS) is 11.1. The van der Waals surface area contributed by atoms with E-state index in [2.05, 4.69) is 246 Å². The molecule has 0 aromatic heterocycles. The first-order valence-corrected chi connectivity index (χ1v) is 22.1. The fourth-order valence-electron chi connectivity index (χ4n) is 7.98. The summed E-state index contributed by atoms with van der Waals surface area (Å²) in [5.41, 5.74) is 15.4. The van der Waals surface area contributed by atoms with Crippen LogP contribution in [0.25, 0.3) is 24.3 Å². The lowest BCUT2D eigenvalue weighted by Crippen LogP contribution is -2.09. The molecule has 322 valence electrons. The van der Waals surface area contributed by atoms with Crippen molar-refractivity contribution in [2.24, 2.45) is 0 Å².